The van der Waals surface area contributed by atoms with Gasteiger partial charge in [0.25, 0.3) is 0 Å². The smallest absolute Gasteiger partial charge is 0.248 e. The van der Waals surface area contributed by atoms with Gasteiger partial charge in [0, 0.05) is 11.6 Å². The molecule has 0 amide bonds. The maximum absolute atomic E-state index is 12.0. The number of hydrogen-bond acceptors (Lipinski definition) is 8. The number of aromatic nitrogens is 5. The van der Waals surface area contributed by atoms with Crippen LogP contribution in [0.25, 0.3) is 21.9 Å². The zero-order chi connectivity index (χ0) is 19.5. The first-order valence-electron chi connectivity index (χ1n) is 8.60. The third kappa shape index (κ3) is 2.47. The molecule has 0 aliphatic heterocycles. The Labute approximate surface area is 159 Å². The third-order valence-electron chi connectivity index (χ3n) is 5.09. The van der Waals surface area contributed by atoms with Crippen molar-refractivity contribution in [2.45, 2.75) is 24.0 Å². The molecule has 1 N–H and O–H groups in total. The van der Waals surface area contributed by atoms with Crippen LogP contribution in [0.15, 0.2) is 28.9 Å². The van der Waals surface area contributed by atoms with Crippen LogP contribution in [0.4, 0.5) is 0 Å². The SMILES string of the molecule is CS(=O)(=O)C1(c2nc(Cc3nc4c(cnc5ccc(C#N)cc54)[nH]3)no2)CC1. The van der Waals surface area contributed by atoms with Crippen LogP contribution in [-0.4, -0.2) is 39.8 Å². The van der Waals surface area contributed by atoms with Gasteiger partial charge in [0.15, 0.2) is 20.4 Å². The number of benzene rings is 1. The summed E-state index contributed by atoms with van der Waals surface area (Å²) in [6.45, 7) is 0. The van der Waals surface area contributed by atoms with Gasteiger partial charge in [0.2, 0.25) is 5.89 Å². The molecule has 28 heavy (non-hydrogen) atoms. The molecule has 10 heteroatoms. The lowest BCUT2D eigenvalue weighted by atomic mass is 10.1. The van der Waals surface area contributed by atoms with Crippen LogP contribution in [0.2, 0.25) is 0 Å². The van der Waals surface area contributed by atoms with E-state index in [4.69, 9.17) is 9.78 Å². The molecule has 3 aromatic heterocycles. The Balaban J connectivity index is 1.51. The van der Waals surface area contributed by atoms with Crippen molar-refractivity contribution < 1.29 is 12.9 Å². The summed E-state index contributed by atoms with van der Waals surface area (Å²) in [5.41, 5.74) is 2.71. The topological polar surface area (TPSA) is 138 Å². The third-order valence-corrected chi connectivity index (χ3v) is 7.09. The van der Waals surface area contributed by atoms with E-state index in [0.717, 1.165) is 16.4 Å². The number of H-pyrrole nitrogens is 1. The molecule has 140 valence electrons. The first kappa shape index (κ1) is 16.8. The van der Waals surface area contributed by atoms with Crippen molar-refractivity contribution in [2.24, 2.45) is 0 Å². The average molecular weight is 394 g/mol. The van der Waals surface area contributed by atoms with E-state index in [0.29, 0.717) is 35.6 Å². The number of nitriles is 1. The standard InChI is InChI=1S/C18H14N6O3S/c1-28(25,26)18(4-5-18)17-23-15(24-27-17)7-14-21-13-9-20-12-3-2-10(8-19)6-11(12)16(13)22-14/h2-3,6,9H,4-5,7H2,1H3,(H,21,22). The maximum atomic E-state index is 12.0. The summed E-state index contributed by atoms with van der Waals surface area (Å²) in [5, 5.41) is 13.8. The summed E-state index contributed by atoms with van der Waals surface area (Å²) in [4.78, 5) is 16.4. The Morgan fingerprint density at radius 1 is 1.32 bits per heavy atom. The average Bonchev–Trinajstić information content (AvgIpc) is 3.20. The Hall–Kier alpha value is -3.32. The quantitative estimate of drug-likeness (QED) is 0.554. The molecule has 5 rings (SSSR count). The monoisotopic (exact) mass is 394 g/mol. The van der Waals surface area contributed by atoms with Gasteiger partial charge in [0.1, 0.15) is 5.82 Å². The summed E-state index contributed by atoms with van der Waals surface area (Å²) in [5.74, 6) is 1.11. The highest BCUT2D eigenvalue weighted by molar-refractivity contribution is 7.91. The van der Waals surface area contributed by atoms with Crippen molar-refractivity contribution in [1.82, 2.24) is 25.1 Å². The van der Waals surface area contributed by atoms with E-state index in [-0.39, 0.29) is 12.3 Å². The van der Waals surface area contributed by atoms with E-state index >= 15 is 0 Å². The molecular formula is C18H14N6O3S. The van der Waals surface area contributed by atoms with Gasteiger partial charge >= 0.3 is 0 Å². The zero-order valence-corrected chi connectivity index (χ0v) is 15.6. The van der Waals surface area contributed by atoms with Gasteiger partial charge in [0.05, 0.1) is 40.8 Å². The van der Waals surface area contributed by atoms with E-state index in [9.17, 15) is 8.42 Å². The molecule has 1 aliphatic carbocycles. The van der Waals surface area contributed by atoms with Gasteiger partial charge in [-0.1, -0.05) is 5.16 Å². The van der Waals surface area contributed by atoms with Crippen molar-refractivity contribution in [3.05, 3.63) is 47.5 Å². The summed E-state index contributed by atoms with van der Waals surface area (Å²) >= 11 is 0. The van der Waals surface area contributed by atoms with Crippen LogP contribution < -0.4 is 0 Å². The number of hydrogen-bond donors (Lipinski definition) is 1. The number of sulfone groups is 1. The number of rotatable bonds is 4. The van der Waals surface area contributed by atoms with Crippen LogP contribution in [0.5, 0.6) is 0 Å². The Kier molecular flexibility index (Phi) is 3.36. The molecule has 0 saturated heterocycles. The van der Waals surface area contributed by atoms with Gasteiger partial charge in [-0.25, -0.2) is 13.4 Å². The highest BCUT2D eigenvalue weighted by atomic mass is 32.2. The number of nitrogens with one attached hydrogen (secondary N) is 1. The molecule has 0 spiro atoms. The molecule has 0 atom stereocenters. The number of nitrogens with zero attached hydrogens (tertiary/aromatic N) is 5. The molecule has 0 unspecified atom stereocenters. The Morgan fingerprint density at radius 3 is 2.86 bits per heavy atom. The van der Waals surface area contributed by atoms with Crippen molar-refractivity contribution >= 4 is 31.8 Å². The van der Waals surface area contributed by atoms with Crippen LogP contribution in [0, 0.1) is 11.3 Å². The van der Waals surface area contributed by atoms with Gasteiger partial charge in [-0.05, 0) is 31.0 Å². The highest BCUT2D eigenvalue weighted by Gasteiger charge is 2.58. The van der Waals surface area contributed by atoms with Crippen LogP contribution in [0.1, 0.15) is 35.9 Å². The predicted molar refractivity (Wildman–Crippen MR) is 99.0 cm³/mol. The minimum absolute atomic E-state index is 0.145. The molecule has 1 saturated carbocycles. The fraction of sp³-hybridized carbons (Fsp3) is 0.278. The first-order chi connectivity index (χ1) is 13.4. The van der Waals surface area contributed by atoms with Crippen LogP contribution >= 0.6 is 0 Å². The number of aromatic amines is 1. The fourth-order valence-electron chi connectivity index (χ4n) is 3.38. The van der Waals surface area contributed by atoms with Gasteiger partial charge in [-0.2, -0.15) is 10.2 Å². The molecule has 1 aliphatic rings. The molecule has 0 radical (unpaired) electrons. The first-order valence-corrected chi connectivity index (χ1v) is 10.5. The normalized spacial score (nSPS) is 15.7. The number of fused-ring (bicyclic) bond motifs is 3. The van der Waals surface area contributed by atoms with E-state index in [1.54, 1.807) is 24.4 Å². The lowest BCUT2D eigenvalue weighted by molar-refractivity contribution is 0.364. The summed E-state index contributed by atoms with van der Waals surface area (Å²) in [6.07, 6.45) is 4.13. The molecule has 3 heterocycles. The molecule has 1 fully saturated rings. The molecular weight excluding hydrogens is 380 g/mol. The van der Waals surface area contributed by atoms with Crippen LogP contribution in [0.3, 0.4) is 0 Å². The molecule has 4 aromatic rings. The molecule has 0 bridgehead atoms. The second-order valence-electron chi connectivity index (χ2n) is 7.01. The van der Waals surface area contributed by atoms with Crippen molar-refractivity contribution in [1.29, 1.82) is 5.26 Å². The van der Waals surface area contributed by atoms with E-state index in [1.807, 2.05) is 0 Å². The molecule has 1 aromatic carbocycles. The van der Waals surface area contributed by atoms with E-state index in [2.05, 4.69) is 31.2 Å². The van der Waals surface area contributed by atoms with Crippen molar-refractivity contribution in [3.63, 3.8) is 0 Å². The van der Waals surface area contributed by atoms with Crippen molar-refractivity contribution in [2.75, 3.05) is 6.26 Å². The number of pyridine rings is 1. The van der Waals surface area contributed by atoms with Crippen LogP contribution in [-0.2, 0) is 21.0 Å². The lowest BCUT2D eigenvalue weighted by Gasteiger charge is -2.05. The summed E-state index contributed by atoms with van der Waals surface area (Å²) in [6, 6.07) is 7.37. The fourth-order valence-corrected chi connectivity index (χ4v) is 4.62. The summed E-state index contributed by atoms with van der Waals surface area (Å²) in [7, 11) is -3.31. The lowest BCUT2D eigenvalue weighted by Crippen LogP contribution is -2.19. The van der Waals surface area contributed by atoms with Gasteiger partial charge < -0.3 is 9.51 Å². The Bertz CT molecular complexity index is 1390. The largest absolute Gasteiger partial charge is 0.340 e. The van der Waals surface area contributed by atoms with E-state index in [1.165, 1.54) is 6.26 Å². The minimum Gasteiger partial charge on any atom is -0.340 e. The Morgan fingerprint density at radius 2 is 2.14 bits per heavy atom. The predicted octanol–water partition coefficient (Wildman–Crippen LogP) is 1.99. The number of imidazole rings is 1. The van der Waals surface area contributed by atoms with Gasteiger partial charge in [-0.15, -0.1) is 0 Å². The highest BCUT2D eigenvalue weighted by Crippen LogP contribution is 2.51. The van der Waals surface area contributed by atoms with Crippen molar-refractivity contribution in [3.8, 4) is 6.07 Å². The van der Waals surface area contributed by atoms with Gasteiger partial charge in [-0.3, -0.25) is 4.98 Å². The van der Waals surface area contributed by atoms with E-state index < -0.39 is 14.6 Å². The second kappa shape index (κ2) is 5.59. The maximum Gasteiger partial charge on any atom is 0.248 e. The summed E-state index contributed by atoms with van der Waals surface area (Å²) < 4.78 is 28.2. The molecule has 9 nitrogen and oxygen atoms in total. The zero-order valence-electron chi connectivity index (χ0n) is 14.8. The second-order valence-corrected chi connectivity index (χ2v) is 9.33. The minimum atomic E-state index is -3.31.